The Bertz CT molecular complexity index is 841. The zero-order valence-electron chi connectivity index (χ0n) is 16.2. The molecule has 2 atom stereocenters. The van der Waals surface area contributed by atoms with Crippen molar-refractivity contribution in [2.24, 2.45) is 5.73 Å². The molecule has 1 aromatic heterocycles. The molecule has 0 spiro atoms. The van der Waals surface area contributed by atoms with Gasteiger partial charge in [-0.05, 0) is 42.6 Å². The maximum absolute atomic E-state index is 10.3. The van der Waals surface area contributed by atoms with Gasteiger partial charge in [-0.3, -0.25) is 4.90 Å². The van der Waals surface area contributed by atoms with Gasteiger partial charge in [0.15, 0.2) is 0 Å². The fourth-order valence-corrected chi connectivity index (χ4v) is 4.47. The number of nitrogens with one attached hydrogen (secondary N) is 2. The highest BCUT2D eigenvalue weighted by Gasteiger charge is 2.24. The fourth-order valence-electron chi connectivity index (χ4n) is 2.96. The number of aromatic nitrogens is 3. The lowest BCUT2D eigenvalue weighted by Crippen LogP contribution is -2.46. The van der Waals surface area contributed by atoms with Crippen LogP contribution in [0.25, 0.3) is 0 Å². The number of anilines is 3. The number of unbranched alkanes of at least 4 members (excludes halogenated alkanes) is 1. The van der Waals surface area contributed by atoms with Gasteiger partial charge in [-0.2, -0.15) is 15.0 Å². The third-order valence-corrected chi connectivity index (χ3v) is 6.29. The van der Waals surface area contributed by atoms with E-state index < -0.39 is 6.23 Å². The summed E-state index contributed by atoms with van der Waals surface area (Å²) in [6, 6.07) is 4.79. The third kappa shape index (κ3) is 6.98. The first-order valence-electron chi connectivity index (χ1n) is 9.55. The van der Waals surface area contributed by atoms with Crippen molar-refractivity contribution >= 4 is 64.1 Å². The summed E-state index contributed by atoms with van der Waals surface area (Å²) in [4.78, 5) is 14.5. The van der Waals surface area contributed by atoms with E-state index in [1.807, 2.05) is 16.7 Å². The number of nitrogens with zero attached hydrogens (tertiary/aromatic N) is 4. The molecule has 0 radical (unpaired) electrons. The Hall–Kier alpha value is -1.07. The van der Waals surface area contributed by atoms with Crippen molar-refractivity contribution in [3.63, 3.8) is 0 Å². The molecule has 1 aliphatic rings. The molecule has 2 heterocycles. The Morgan fingerprint density at radius 1 is 1.17 bits per heavy atom. The zero-order valence-corrected chi connectivity index (χ0v) is 19.3. The highest BCUT2D eigenvalue weighted by atomic mass is 35.5. The van der Waals surface area contributed by atoms with E-state index in [0.29, 0.717) is 28.2 Å². The van der Waals surface area contributed by atoms with Crippen molar-refractivity contribution in [1.29, 1.82) is 0 Å². The standard InChI is InChI=1S/C18H24Cl3N7OS/c19-11-4-5-12(20)14(9-11)24-18-26-16(21)25-17(27-18)23-6-2-1-3-13(22)15(29)28-7-8-30-10-28/h4-5,9,13,15,29H,1-3,6-8,10,22H2,(H2,23,24,25,26,27)/t13-,15?/m0/s1. The van der Waals surface area contributed by atoms with Crippen LogP contribution in [0.2, 0.25) is 15.3 Å². The molecule has 1 fully saturated rings. The smallest absolute Gasteiger partial charge is 0.233 e. The Kier molecular flexibility index (Phi) is 9.06. The molecule has 1 aliphatic heterocycles. The summed E-state index contributed by atoms with van der Waals surface area (Å²) in [5, 5.41) is 17.5. The number of rotatable bonds is 10. The summed E-state index contributed by atoms with van der Waals surface area (Å²) >= 11 is 20.0. The minimum Gasteiger partial charge on any atom is -0.377 e. The predicted octanol–water partition coefficient (Wildman–Crippen LogP) is 3.81. The predicted molar refractivity (Wildman–Crippen MR) is 125 cm³/mol. The van der Waals surface area contributed by atoms with Crippen LogP contribution in [0.1, 0.15) is 19.3 Å². The first kappa shape index (κ1) is 23.6. The molecule has 0 amide bonds. The molecule has 0 aliphatic carbocycles. The Morgan fingerprint density at radius 2 is 1.97 bits per heavy atom. The van der Waals surface area contributed by atoms with E-state index >= 15 is 0 Å². The van der Waals surface area contributed by atoms with E-state index in [4.69, 9.17) is 40.5 Å². The van der Waals surface area contributed by atoms with Gasteiger partial charge in [-0.1, -0.05) is 29.6 Å². The lowest BCUT2D eigenvalue weighted by molar-refractivity contribution is 0.00267. The Morgan fingerprint density at radius 3 is 2.73 bits per heavy atom. The molecule has 5 N–H and O–H groups in total. The maximum Gasteiger partial charge on any atom is 0.233 e. The number of benzene rings is 1. The Labute approximate surface area is 194 Å². The molecule has 0 saturated carbocycles. The number of halogens is 3. The van der Waals surface area contributed by atoms with Gasteiger partial charge < -0.3 is 21.5 Å². The monoisotopic (exact) mass is 491 g/mol. The van der Waals surface area contributed by atoms with Crippen LogP contribution in [0.4, 0.5) is 17.6 Å². The quantitative estimate of drug-likeness (QED) is 0.368. The van der Waals surface area contributed by atoms with Crippen LogP contribution in [0, 0.1) is 0 Å². The highest BCUT2D eigenvalue weighted by Crippen LogP contribution is 2.27. The summed E-state index contributed by atoms with van der Waals surface area (Å²) in [5.41, 5.74) is 6.70. The molecular formula is C18H24Cl3N7OS. The van der Waals surface area contributed by atoms with E-state index in [0.717, 1.165) is 37.4 Å². The topological polar surface area (TPSA) is 112 Å². The van der Waals surface area contributed by atoms with Crippen LogP contribution in [0.15, 0.2) is 18.2 Å². The minimum atomic E-state index is -0.581. The van der Waals surface area contributed by atoms with E-state index in [-0.39, 0.29) is 17.3 Å². The number of thioether (sulfide) groups is 1. The van der Waals surface area contributed by atoms with Gasteiger partial charge in [0.1, 0.15) is 6.23 Å². The van der Waals surface area contributed by atoms with Gasteiger partial charge in [0.25, 0.3) is 0 Å². The van der Waals surface area contributed by atoms with Gasteiger partial charge >= 0.3 is 0 Å². The van der Waals surface area contributed by atoms with Gasteiger partial charge in [-0.25, -0.2) is 0 Å². The lowest BCUT2D eigenvalue weighted by Gasteiger charge is -2.27. The molecule has 8 nitrogen and oxygen atoms in total. The van der Waals surface area contributed by atoms with E-state index in [2.05, 4.69) is 25.6 Å². The average molecular weight is 493 g/mol. The van der Waals surface area contributed by atoms with Crippen LogP contribution in [-0.4, -0.2) is 61.9 Å². The van der Waals surface area contributed by atoms with Crippen molar-refractivity contribution in [2.75, 3.05) is 35.4 Å². The Balaban J connectivity index is 1.45. The van der Waals surface area contributed by atoms with Gasteiger partial charge in [0.2, 0.25) is 17.2 Å². The number of hydrogen-bond acceptors (Lipinski definition) is 9. The number of aliphatic hydroxyl groups excluding tert-OH is 1. The zero-order chi connectivity index (χ0) is 21.5. The van der Waals surface area contributed by atoms with Crippen LogP contribution in [0.3, 0.4) is 0 Å². The lowest BCUT2D eigenvalue weighted by atomic mass is 10.1. The van der Waals surface area contributed by atoms with Crippen LogP contribution in [-0.2, 0) is 0 Å². The summed E-state index contributed by atoms with van der Waals surface area (Å²) in [6.07, 6.45) is 1.87. The minimum absolute atomic E-state index is 0.0572. The van der Waals surface area contributed by atoms with E-state index in [1.165, 1.54) is 0 Å². The molecule has 12 heteroatoms. The van der Waals surface area contributed by atoms with E-state index in [9.17, 15) is 5.11 Å². The SMILES string of the molecule is N[C@@H](CCCCNc1nc(Cl)nc(Nc2cc(Cl)ccc2Cl)n1)C(O)N1CCSC1. The molecule has 2 aromatic rings. The number of aliphatic hydroxyl groups is 1. The summed E-state index contributed by atoms with van der Waals surface area (Å²) < 4.78 is 0. The molecule has 1 unspecified atom stereocenters. The summed E-state index contributed by atoms with van der Waals surface area (Å²) in [6.45, 7) is 1.53. The first-order valence-corrected chi connectivity index (χ1v) is 11.8. The second kappa shape index (κ2) is 11.5. The van der Waals surface area contributed by atoms with Gasteiger partial charge in [0, 0.05) is 35.8 Å². The number of hydrogen-bond donors (Lipinski definition) is 4. The third-order valence-electron chi connectivity index (χ3n) is 4.57. The molecule has 1 aromatic carbocycles. The summed E-state index contributed by atoms with van der Waals surface area (Å²) in [7, 11) is 0. The normalized spacial score (nSPS) is 16.4. The van der Waals surface area contributed by atoms with E-state index in [1.54, 1.807) is 18.2 Å². The van der Waals surface area contributed by atoms with Crippen molar-refractivity contribution in [3.8, 4) is 0 Å². The van der Waals surface area contributed by atoms with Crippen LogP contribution in [0.5, 0.6) is 0 Å². The van der Waals surface area contributed by atoms with Gasteiger partial charge in [-0.15, -0.1) is 11.8 Å². The average Bonchev–Trinajstić information content (AvgIpc) is 3.24. The molecule has 30 heavy (non-hydrogen) atoms. The van der Waals surface area contributed by atoms with Gasteiger partial charge in [0.05, 0.1) is 10.7 Å². The molecule has 164 valence electrons. The summed E-state index contributed by atoms with van der Waals surface area (Å²) in [5.74, 6) is 2.50. The fraction of sp³-hybridized carbons (Fsp3) is 0.500. The number of nitrogens with two attached hydrogens (primary N) is 1. The molecular weight excluding hydrogens is 469 g/mol. The molecule has 0 bridgehead atoms. The first-order chi connectivity index (χ1) is 14.4. The van der Waals surface area contributed by atoms with Crippen molar-refractivity contribution in [1.82, 2.24) is 19.9 Å². The van der Waals surface area contributed by atoms with Crippen LogP contribution < -0.4 is 16.4 Å². The van der Waals surface area contributed by atoms with Crippen molar-refractivity contribution in [3.05, 3.63) is 33.5 Å². The molecule has 1 saturated heterocycles. The van der Waals surface area contributed by atoms with Crippen LogP contribution >= 0.6 is 46.6 Å². The van der Waals surface area contributed by atoms with Crippen molar-refractivity contribution < 1.29 is 5.11 Å². The maximum atomic E-state index is 10.3. The molecule has 3 rings (SSSR count). The second-order valence-corrected chi connectivity index (χ2v) is 9.11. The largest absolute Gasteiger partial charge is 0.377 e. The van der Waals surface area contributed by atoms with Crippen molar-refractivity contribution in [2.45, 2.75) is 31.5 Å². The second-order valence-electron chi connectivity index (χ2n) is 6.85. The highest BCUT2D eigenvalue weighted by molar-refractivity contribution is 7.99.